The van der Waals surface area contributed by atoms with E-state index in [1.165, 1.54) is 43.6 Å². The number of hydrogen-bond donors (Lipinski definition) is 0. The fraction of sp³-hybridized carbons (Fsp3) is 0.500. The molecule has 0 aromatic carbocycles. The third-order valence-corrected chi connectivity index (χ3v) is 3.43. The summed E-state index contributed by atoms with van der Waals surface area (Å²) >= 11 is 1.27. The zero-order valence-corrected chi connectivity index (χ0v) is 11.8. The maximum Gasteiger partial charge on any atom is -0.147 e. The number of hydrogen-bond acceptors (Lipinski definition) is 0. The van der Waals surface area contributed by atoms with Gasteiger partial charge in [-0.2, -0.15) is 0 Å². The van der Waals surface area contributed by atoms with Crippen LogP contribution in [-0.2, 0) is 24.4 Å². The standard InChI is InChI=1S/C8H11.2ClH.Hf/c1-2-5-8-6-3-4-7-8;;;/h3,6H,2,4-5H2,1H3;2*1H;. The van der Waals surface area contributed by atoms with E-state index in [0.29, 0.717) is 0 Å². The van der Waals surface area contributed by atoms with Crippen LogP contribution in [-0.4, -0.2) is 0 Å². The predicted octanol–water partition coefficient (Wildman–Crippen LogP) is 3.39. The van der Waals surface area contributed by atoms with Crippen LogP contribution in [0.1, 0.15) is 26.2 Å². The second-order valence-electron chi connectivity index (χ2n) is 2.36. The van der Waals surface area contributed by atoms with Crippen LogP contribution in [0.5, 0.6) is 0 Å². The third-order valence-electron chi connectivity index (χ3n) is 1.55. The molecule has 0 fully saturated rings. The van der Waals surface area contributed by atoms with E-state index in [-0.39, 0.29) is 24.8 Å². The molecule has 0 amide bonds. The van der Waals surface area contributed by atoms with Gasteiger partial charge in [-0.15, -0.1) is 24.8 Å². The third kappa shape index (κ3) is 4.49. The van der Waals surface area contributed by atoms with Crippen molar-refractivity contribution in [1.82, 2.24) is 0 Å². The molecule has 1 rings (SSSR count). The van der Waals surface area contributed by atoms with Crippen molar-refractivity contribution in [3.05, 3.63) is 21.1 Å². The van der Waals surface area contributed by atoms with Crippen LogP contribution in [0.25, 0.3) is 0 Å². The summed E-state index contributed by atoms with van der Waals surface area (Å²) in [4.78, 5) is 0. The van der Waals surface area contributed by atoms with Gasteiger partial charge >= 0.3 is 71.6 Å². The van der Waals surface area contributed by atoms with E-state index in [1.54, 1.807) is 8.90 Å². The number of rotatable bonds is 2. The Morgan fingerprint density at radius 3 is 2.45 bits per heavy atom. The fourth-order valence-electron chi connectivity index (χ4n) is 1.05. The average molecular weight is 359 g/mol. The maximum absolute atomic E-state index is 2.30. The van der Waals surface area contributed by atoms with Gasteiger partial charge in [0.1, 0.15) is 0 Å². The van der Waals surface area contributed by atoms with Crippen molar-refractivity contribution < 1.29 is 24.4 Å². The second-order valence-corrected chi connectivity index (χ2v) is 4.53. The van der Waals surface area contributed by atoms with Crippen molar-refractivity contribution in [2.75, 3.05) is 0 Å². The fourth-order valence-corrected chi connectivity index (χ4v) is 2.23. The quantitative estimate of drug-likeness (QED) is 0.664. The van der Waals surface area contributed by atoms with Gasteiger partial charge in [-0.25, -0.2) is 0 Å². The van der Waals surface area contributed by atoms with Crippen LogP contribution >= 0.6 is 24.8 Å². The van der Waals surface area contributed by atoms with Gasteiger partial charge in [0, 0.05) is 0 Å². The first kappa shape index (κ1) is 14.5. The van der Waals surface area contributed by atoms with Gasteiger partial charge < -0.3 is 0 Å². The van der Waals surface area contributed by atoms with Crippen LogP contribution < -0.4 is 0 Å². The number of allylic oxidation sites excluding steroid dienone is 4. The Bertz CT molecular complexity index is 161. The summed E-state index contributed by atoms with van der Waals surface area (Å²) in [6.07, 6.45) is 8.43. The Balaban J connectivity index is 0. The van der Waals surface area contributed by atoms with Gasteiger partial charge in [-0.05, 0) is 0 Å². The Morgan fingerprint density at radius 1 is 1.45 bits per heavy atom. The molecule has 11 heavy (non-hydrogen) atoms. The molecular weight excluding hydrogens is 345 g/mol. The first-order valence-electron chi connectivity index (χ1n) is 3.44. The number of halogens is 2. The molecule has 0 bridgehead atoms. The Labute approximate surface area is 95.9 Å². The monoisotopic (exact) mass is 359 g/mol. The molecule has 0 N–H and O–H groups in total. The smallest absolute Gasteiger partial charge is 0.147 e. The molecule has 0 atom stereocenters. The first-order chi connectivity index (χ1) is 4.34. The molecule has 0 unspecified atom stereocenters. The molecule has 1 aliphatic carbocycles. The van der Waals surface area contributed by atoms with Crippen LogP contribution in [0.4, 0.5) is 0 Å². The Kier molecular flexibility index (Phi) is 9.95. The molecule has 0 aliphatic heterocycles. The zero-order valence-electron chi connectivity index (χ0n) is 6.59. The van der Waals surface area contributed by atoms with E-state index in [2.05, 4.69) is 19.1 Å². The molecule has 0 nitrogen and oxygen atoms in total. The molecule has 0 radical (unpaired) electrons. The minimum absolute atomic E-state index is 0. The van der Waals surface area contributed by atoms with Crippen LogP contribution in [0, 0.1) is 0 Å². The van der Waals surface area contributed by atoms with Crippen molar-refractivity contribution in [3.8, 4) is 0 Å². The molecule has 0 saturated carbocycles. The van der Waals surface area contributed by atoms with Gasteiger partial charge in [0.05, 0.1) is 0 Å². The molecule has 0 saturated heterocycles. The van der Waals surface area contributed by atoms with Gasteiger partial charge in [0.25, 0.3) is 0 Å². The first-order valence-corrected chi connectivity index (χ1v) is 5.24. The van der Waals surface area contributed by atoms with Crippen molar-refractivity contribution in [1.29, 1.82) is 0 Å². The van der Waals surface area contributed by atoms with E-state index in [4.69, 9.17) is 0 Å². The van der Waals surface area contributed by atoms with E-state index < -0.39 is 0 Å². The van der Waals surface area contributed by atoms with E-state index in [0.717, 1.165) is 0 Å². The normalized spacial score (nSPS) is 14.2. The van der Waals surface area contributed by atoms with E-state index >= 15 is 0 Å². The Hall–Kier alpha value is 0.930. The minimum Gasteiger partial charge on any atom is -0.147 e. The van der Waals surface area contributed by atoms with Crippen molar-refractivity contribution in [2.24, 2.45) is 0 Å². The van der Waals surface area contributed by atoms with Gasteiger partial charge in [-0.3, -0.25) is 0 Å². The summed E-state index contributed by atoms with van der Waals surface area (Å²) in [5.41, 5.74) is 1.63. The average Bonchev–Trinajstić information content (AvgIpc) is 2.18. The molecule has 0 heterocycles. The Morgan fingerprint density at radius 2 is 2.09 bits per heavy atom. The largest absolute Gasteiger partial charge is 0.147 e. The molecule has 1 aliphatic rings. The summed E-state index contributed by atoms with van der Waals surface area (Å²) in [5.74, 6) is 0. The molecular formula is C8H13Cl2Hf. The predicted molar refractivity (Wildman–Crippen MR) is 50.2 cm³/mol. The summed E-state index contributed by atoms with van der Waals surface area (Å²) in [6, 6.07) is 0. The summed E-state index contributed by atoms with van der Waals surface area (Å²) in [6.45, 7) is 2.24. The van der Waals surface area contributed by atoms with Crippen molar-refractivity contribution in [3.63, 3.8) is 0 Å². The van der Waals surface area contributed by atoms with Crippen molar-refractivity contribution in [2.45, 2.75) is 26.2 Å². The molecule has 63 valence electrons. The van der Waals surface area contributed by atoms with Gasteiger partial charge in [0.2, 0.25) is 0 Å². The maximum atomic E-state index is 2.30. The van der Waals surface area contributed by atoms with Gasteiger partial charge in [0.15, 0.2) is 0 Å². The van der Waals surface area contributed by atoms with Crippen LogP contribution in [0.3, 0.4) is 0 Å². The molecule has 3 heteroatoms. The minimum atomic E-state index is 0. The van der Waals surface area contributed by atoms with Crippen LogP contribution in [0.2, 0.25) is 0 Å². The summed E-state index contributed by atoms with van der Waals surface area (Å²) in [5, 5.41) is 0. The van der Waals surface area contributed by atoms with E-state index in [1.807, 2.05) is 0 Å². The van der Waals surface area contributed by atoms with Gasteiger partial charge in [-0.1, -0.05) is 0 Å². The summed E-state index contributed by atoms with van der Waals surface area (Å²) < 4.78 is 1.71. The SMILES string of the molecule is CCCC1=[C]([Hf])CC=C1.Cl.Cl. The zero-order chi connectivity index (χ0) is 6.69. The molecule has 0 aromatic rings. The van der Waals surface area contributed by atoms with Crippen LogP contribution in [0.15, 0.2) is 21.1 Å². The molecule has 0 aromatic heterocycles. The molecule has 0 spiro atoms. The van der Waals surface area contributed by atoms with E-state index in [9.17, 15) is 0 Å². The second kappa shape index (κ2) is 7.57. The summed E-state index contributed by atoms with van der Waals surface area (Å²) in [7, 11) is 0. The van der Waals surface area contributed by atoms with Crippen molar-refractivity contribution >= 4 is 24.8 Å². The topological polar surface area (TPSA) is 0 Å².